The van der Waals surface area contributed by atoms with E-state index in [4.69, 9.17) is 27.9 Å². The van der Waals surface area contributed by atoms with Crippen molar-refractivity contribution in [3.05, 3.63) is 58.1 Å². The Bertz CT molecular complexity index is 661. The van der Waals surface area contributed by atoms with Crippen LogP contribution in [-0.2, 0) is 9.53 Å². The first kappa shape index (κ1) is 15.5. The zero-order valence-electron chi connectivity index (χ0n) is 11.1. The Morgan fingerprint density at radius 3 is 2.62 bits per heavy atom. The largest absolute Gasteiger partial charge is 0.506 e. The molecular weight excluding hydrogens is 313 g/mol. The molecule has 0 saturated heterocycles. The minimum Gasteiger partial charge on any atom is -0.506 e. The van der Waals surface area contributed by atoms with Crippen molar-refractivity contribution in [2.75, 3.05) is 12.4 Å². The number of ether oxygens (including phenoxy) is 1. The van der Waals surface area contributed by atoms with Gasteiger partial charge in [-0.15, -0.1) is 0 Å². The van der Waals surface area contributed by atoms with Crippen LogP contribution < -0.4 is 5.32 Å². The summed E-state index contributed by atoms with van der Waals surface area (Å²) in [5.74, 6) is -0.525. The smallest absolute Gasteiger partial charge is 0.332 e. The highest BCUT2D eigenvalue weighted by Gasteiger charge is 2.22. The maximum Gasteiger partial charge on any atom is 0.332 e. The number of aromatic hydroxyl groups is 1. The molecule has 0 saturated carbocycles. The number of carbonyl (C=O) groups is 1. The van der Waals surface area contributed by atoms with E-state index < -0.39 is 12.0 Å². The molecule has 1 atom stereocenters. The first-order valence-electron chi connectivity index (χ1n) is 6.09. The van der Waals surface area contributed by atoms with Crippen LogP contribution in [0.4, 0.5) is 5.69 Å². The molecule has 1 unspecified atom stereocenters. The van der Waals surface area contributed by atoms with E-state index in [1.807, 2.05) is 0 Å². The number of hydrogen-bond donors (Lipinski definition) is 2. The molecule has 0 radical (unpaired) electrons. The highest BCUT2D eigenvalue weighted by atomic mass is 35.5. The maximum atomic E-state index is 12.0. The molecular formula is C15H13Cl2NO3. The van der Waals surface area contributed by atoms with Crippen LogP contribution in [0.1, 0.15) is 11.6 Å². The lowest BCUT2D eigenvalue weighted by atomic mass is 10.1. The van der Waals surface area contributed by atoms with Gasteiger partial charge in [-0.2, -0.15) is 0 Å². The van der Waals surface area contributed by atoms with E-state index >= 15 is 0 Å². The lowest BCUT2D eigenvalue weighted by molar-refractivity contribution is -0.141. The summed E-state index contributed by atoms with van der Waals surface area (Å²) >= 11 is 11.8. The number of phenolic OH excluding ortho intramolecular Hbond substituents is 1. The lowest BCUT2D eigenvalue weighted by Crippen LogP contribution is -2.22. The topological polar surface area (TPSA) is 58.6 Å². The van der Waals surface area contributed by atoms with E-state index in [0.717, 1.165) is 0 Å². The first-order chi connectivity index (χ1) is 10.0. The van der Waals surface area contributed by atoms with Crippen LogP contribution in [-0.4, -0.2) is 18.2 Å². The van der Waals surface area contributed by atoms with E-state index in [9.17, 15) is 9.90 Å². The first-order valence-corrected chi connectivity index (χ1v) is 6.85. The second-order valence-electron chi connectivity index (χ2n) is 4.32. The van der Waals surface area contributed by atoms with Crippen LogP contribution >= 0.6 is 23.2 Å². The third kappa shape index (κ3) is 3.80. The fourth-order valence-corrected chi connectivity index (χ4v) is 2.22. The molecule has 2 aromatic rings. The standard InChI is InChI=1S/C15H13Cl2NO3/c1-21-15(20)14(9-5-6-13(19)12(17)7-9)18-11-4-2-3-10(16)8-11/h2-8,14,18-19H,1H3. The van der Waals surface area contributed by atoms with Crippen molar-refractivity contribution in [1.82, 2.24) is 0 Å². The van der Waals surface area contributed by atoms with Crippen molar-refractivity contribution < 1.29 is 14.6 Å². The van der Waals surface area contributed by atoms with Crippen molar-refractivity contribution in [1.29, 1.82) is 0 Å². The Kier molecular flexibility index (Phi) is 4.94. The second-order valence-corrected chi connectivity index (χ2v) is 5.17. The molecule has 0 amide bonds. The highest BCUT2D eigenvalue weighted by Crippen LogP contribution is 2.29. The van der Waals surface area contributed by atoms with Crippen LogP contribution in [0.2, 0.25) is 10.0 Å². The minimum absolute atomic E-state index is 0.0493. The van der Waals surface area contributed by atoms with Crippen molar-refractivity contribution in [3.63, 3.8) is 0 Å². The summed E-state index contributed by atoms with van der Waals surface area (Å²) in [5.41, 5.74) is 1.24. The number of benzene rings is 2. The fourth-order valence-electron chi connectivity index (χ4n) is 1.84. The predicted molar refractivity (Wildman–Crippen MR) is 82.9 cm³/mol. The van der Waals surface area contributed by atoms with E-state index in [2.05, 4.69) is 5.32 Å². The molecule has 21 heavy (non-hydrogen) atoms. The summed E-state index contributed by atoms with van der Waals surface area (Å²) in [5, 5.41) is 13.2. The van der Waals surface area contributed by atoms with Crippen LogP contribution in [0.15, 0.2) is 42.5 Å². The van der Waals surface area contributed by atoms with Gasteiger partial charge in [0.05, 0.1) is 12.1 Å². The number of esters is 1. The van der Waals surface area contributed by atoms with Gasteiger partial charge in [0.1, 0.15) is 5.75 Å². The average molecular weight is 326 g/mol. The molecule has 2 N–H and O–H groups in total. The third-order valence-electron chi connectivity index (χ3n) is 2.88. The van der Waals surface area contributed by atoms with Gasteiger partial charge in [-0.05, 0) is 35.9 Å². The molecule has 0 aromatic heterocycles. The van der Waals surface area contributed by atoms with Gasteiger partial charge >= 0.3 is 5.97 Å². The summed E-state index contributed by atoms with van der Waals surface area (Å²) < 4.78 is 4.80. The molecule has 0 aliphatic heterocycles. The third-order valence-corrected chi connectivity index (χ3v) is 3.42. The lowest BCUT2D eigenvalue weighted by Gasteiger charge is -2.18. The molecule has 110 valence electrons. The van der Waals surface area contributed by atoms with Crippen molar-refractivity contribution in [3.8, 4) is 5.75 Å². The number of phenols is 1. The Morgan fingerprint density at radius 2 is 2.00 bits per heavy atom. The van der Waals surface area contributed by atoms with Crippen molar-refractivity contribution in [2.45, 2.75) is 6.04 Å². The molecule has 0 bridgehead atoms. The van der Waals surface area contributed by atoms with E-state index in [1.165, 1.54) is 19.2 Å². The number of rotatable bonds is 4. The predicted octanol–water partition coefficient (Wildman–Crippen LogP) is 4.03. The normalized spacial score (nSPS) is 11.8. The Hall–Kier alpha value is -1.91. The van der Waals surface area contributed by atoms with Gasteiger partial charge in [0, 0.05) is 10.7 Å². The fraction of sp³-hybridized carbons (Fsp3) is 0.133. The number of halogens is 2. The summed E-state index contributed by atoms with van der Waals surface area (Å²) in [6.45, 7) is 0. The van der Waals surface area contributed by atoms with Gasteiger partial charge in [0.15, 0.2) is 6.04 Å². The van der Waals surface area contributed by atoms with Gasteiger partial charge < -0.3 is 15.2 Å². The van der Waals surface area contributed by atoms with Crippen LogP contribution in [0.3, 0.4) is 0 Å². The number of anilines is 1. The van der Waals surface area contributed by atoms with Crippen LogP contribution in [0, 0.1) is 0 Å². The number of hydrogen-bond acceptors (Lipinski definition) is 4. The summed E-state index contributed by atoms with van der Waals surface area (Å²) in [6, 6.07) is 10.7. The molecule has 0 aliphatic rings. The Morgan fingerprint density at radius 1 is 1.24 bits per heavy atom. The summed E-state index contributed by atoms with van der Waals surface area (Å²) in [6.07, 6.45) is 0. The number of nitrogens with one attached hydrogen (secondary N) is 1. The molecule has 0 heterocycles. The van der Waals surface area contributed by atoms with Gasteiger partial charge in [0.25, 0.3) is 0 Å². The monoisotopic (exact) mass is 325 g/mol. The number of methoxy groups -OCH3 is 1. The van der Waals surface area contributed by atoms with Gasteiger partial charge in [-0.25, -0.2) is 4.79 Å². The summed E-state index contributed by atoms with van der Waals surface area (Å²) in [4.78, 5) is 12.0. The van der Waals surface area contributed by atoms with Gasteiger partial charge in [0.2, 0.25) is 0 Å². The van der Waals surface area contributed by atoms with Crippen LogP contribution in [0.5, 0.6) is 5.75 Å². The van der Waals surface area contributed by atoms with E-state index in [0.29, 0.717) is 16.3 Å². The van der Waals surface area contributed by atoms with Gasteiger partial charge in [-0.1, -0.05) is 35.3 Å². The number of carbonyl (C=O) groups excluding carboxylic acids is 1. The van der Waals surface area contributed by atoms with Crippen LogP contribution in [0.25, 0.3) is 0 Å². The molecule has 0 aliphatic carbocycles. The molecule has 2 aromatic carbocycles. The van der Waals surface area contributed by atoms with Crippen molar-refractivity contribution >= 4 is 34.9 Å². The second kappa shape index (κ2) is 6.70. The molecule has 0 spiro atoms. The maximum absolute atomic E-state index is 12.0. The van der Waals surface area contributed by atoms with Crippen molar-refractivity contribution in [2.24, 2.45) is 0 Å². The molecule has 2 rings (SSSR count). The zero-order valence-corrected chi connectivity index (χ0v) is 12.7. The highest BCUT2D eigenvalue weighted by molar-refractivity contribution is 6.32. The molecule has 0 fully saturated rings. The molecule has 4 nitrogen and oxygen atoms in total. The van der Waals surface area contributed by atoms with E-state index in [-0.39, 0.29) is 10.8 Å². The van der Waals surface area contributed by atoms with E-state index in [1.54, 1.807) is 30.3 Å². The quantitative estimate of drug-likeness (QED) is 0.833. The Labute approximate surface area is 132 Å². The zero-order chi connectivity index (χ0) is 15.4. The minimum atomic E-state index is -0.758. The average Bonchev–Trinajstić information content (AvgIpc) is 2.47. The SMILES string of the molecule is COC(=O)C(Nc1cccc(Cl)c1)c1ccc(O)c(Cl)c1. The molecule has 6 heteroatoms. The Balaban J connectivity index is 2.34. The van der Waals surface area contributed by atoms with Gasteiger partial charge in [-0.3, -0.25) is 0 Å². The summed E-state index contributed by atoms with van der Waals surface area (Å²) in [7, 11) is 1.30.